The maximum Gasteiger partial charge on any atom is 0.232 e. The van der Waals surface area contributed by atoms with Crippen LogP contribution in [0.1, 0.15) is 47.4 Å². The van der Waals surface area contributed by atoms with Crippen LogP contribution in [0.5, 0.6) is 0 Å². The summed E-state index contributed by atoms with van der Waals surface area (Å²) >= 11 is 2.07. The number of nitrogens with one attached hydrogen (secondary N) is 1. The van der Waals surface area contributed by atoms with E-state index in [0.717, 1.165) is 16.4 Å². The Labute approximate surface area is 147 Å². The predicted octanol–water partition coefficient (Wildman–Crippen LogP) is 3.15. The van der Waals surface area contributed by atoms with Gasteiger partial charge in [-0.2, -0.15) is 0 Å². The zero-order valence-electron chi connectivity index (χ0n) is 12.4. The van der Waals surface area contributed by atoms with Crippen LogP contribution in [0.4, 0.5) is 5.69 Å². The molecular weight excluding hydrogens is 431 g/mol. The minimum Gasteiger partial charge on any atom is -0.360 e. The summed E-state index contributed by atoms with van der Waals surface area (Å²) in [6, 6.07) is 5.04. The van der Waals surface area contributed by atoms with Crippen molar-refractivity contribution in [2.45, 2.75) is 25.7 Å². The second kappa shape index (κ2) is 6.23. The molecule has 1 aromatic carbocycles. The molecule has 0 spiro atoms. The highest BCUT2D eigenvalue weighted by Crippen LogP contribution is 2.42. The molecule has 1 saturated carbocycles. The lowest BCUT2D eigenvalue weighted by atomic mass is 10.0. The van der Waals surface area contributed by atoms with Crippen LogP contribution in [-0.4, -0.2) is 25.1 Å². The Kier molecular flexibility index (Phi) is 4.45. The van der Waals surface area contributed by atoms with Gasteiger partial charge in [-0.05, 0) is 60.6 Å². The number of anilines is 1. The molecule has 0 bridgehead atoms. The number of nitrogens with zero attached hydrogens (tertiary/aromatic N) is 1. The molecule has 0 radical (unpaired) electrons. The Morgan fingerprint density at radius 2 is 2.13 bits per heavy atom. The van der Waals surface area contributed by atoms with Crippen LogP contribution < -0.4 is 4.72 Å². The number of hydrogen-bond donors (Lipinski definition) is 1. The molecule has 6 nitrogen and oxygen atoms in total. The van der Waals surface area contributed by atoms with E-state index in [2.05, 4.69) is 32.5 Å². The summed E-state index contributed by atoms with van der Waals surface area (Å²) in [5, 5.41) is 3.73. The number of rotatable bonds is 6. The normalized spacial score (nSPS) is 14.7. The highest BCUT2D eigenvalue weighted by atomic mass is 127. The summed E-state index contributed by atoms with van der Waals surface area (Å²) in [6.07, 6.45) is 3.38. The monoisotopic (exact) mass is 446 g/mol. The van der Waals surface area contributed by atoms with Crippen LogP contribution in [0.25, 0.3) is 0 Å². The van der Waals surface area contributed by atoms with E-state index in [-0.39, 0.29) is 23.1 Å². The molecule has 0 saturated heterocycles. The highest BCUT2D eigenvalue weighted by Gasteiger charge is 2.33. The first-order valence-electron chi connectivity index (χ1n) is 7.20. The Morgan fingerprint density at radius 1 is 1.39 bits per heavy atom. The molecule has 1 aliphatic rings. The largest absolute Gasteiger partial charge is 0.360 e. The molecule has 1 N–H and O–H groups in total. The fourth-order valence-electron chi connectivity index (χ4n) is 2.24. The Morgan fingerprint density at radius 3 is 2.78 bits per heavy atom. The fourth-order valence-corrected chi connectivity index (χ4v) is 3.38. The molecular formula is C15H15IN2O4S. The SMILES string of the molecule is CCS(=O)(=O)Nc1cc(I)ccc1C(=O)c1cnoc1C1CC1. The highest BCUT2D eigenvalue weighted by molar-refractivity contribution is 14.1. The smallest absolute Gasteiger partial charge is 0.232 e. The molecule has 0 atom stereocenters. The van der Waals surface area contributed by atoms with Crippen LogP contribution in [0.15, 0.2) is 28.9 Å². The van der Waals surface area contributed by atoms with Crippen molar-refractivity contribution in [3.63, 3.8) is 0 Å². The lowest BCUT2D eigenvalue weighted by Crippen LogP contribution is -2.17. The van der Waals surface area contributed by atoms with E-state index in [1.807, 2.05) is 0 Å². The molecule has 1 fully saturated rings. The maximum atomic E-state index is 12.8. The third-order valence-corrected chi connectivity index (χ3v) is 5.62. The van der Waals surface area contributed by atoms with E-state index in [1.165, 1.54) is 6.20 Å². The number of hydrogen-bond acceptors (Lipinski definition) is 5. The van der Waals surface area contributed by atoms with Crippen LogP contribution >= 0.6 is 22.6 Å². The van der Waals surface area contributed by atoms with E-state index in [9.17, 15) is 13.2 Å². The average Bonchev–Trinajstić information content (AvgIpc) is 3.23. The zero-order valence-corrected chi connectivity index (χ0v) is 15.3. The van der Waals surface area contributed by atoms with Crippen molar-refractivity contribution < 1.29 is 17.7 Å². The van der Waals surface area contributed by atoms with Gasteiger partial charge in [0.1, 0.15) is 0 Å². The first-order valence-corrected chi connectivity index (χ1v) is 9.93. The lowest BCUT2D eigenvalue weighted by molar-refractivity contribution is 0.103. The maximum absolute atomic E-state index is 12.8. The average molecular weight is 446 g/mol. The van der Waals surface area contributed by atoms with Crippen molar-refractivity contribution in [1.29, 1.82) is 0 Å². The number of ketones is 1. The summed E-state index contributed by atoms with van der Waals surface area (Å²) in [5.41, 5.74) is 0.991. The molecule has 23 heavy (non-hydrogen) atoms. The van der Waals surface area contributed by atoms with E-state index < -0.39 is 10.0 Å². The number of carbonyl (C=O) groups is 1. The third kappa shape index (κ3) is 3.57. The van der Waals surface area contributed by atoms with Gasteiger partial charge < -0.3 is 4.52 Å². The van der Waals surface area contributed by atoms with Crippen LogP contribution in [0.3, 0.4) is 0 Å². The lowest BCUT2D eigenvalue weighted by Gasteiger charge is -2.11. The van der Waals surface area contributed by atoms with Gasteiger partial charge in [0, 0.05) is 15.1 Å². The second-order valence-electron chi connectivity index (χ2n) is 5.40. The van der Waals surface area contributed by atoms with E-state index >= 15 is 0 Å². The molecule has 122 valence electrons. The first kappa shape index (κ1) is 16.4. The molecule has 2 aromatic rings. The van der Waals surface area contributed by atoms with E-state index in [4.69, 9.17) is 4.52 Å². The molecule has 3 rings (SSSR count). The first-order chi connectivity index (χ1) is 10.9. The predicted molar refractivity (Wildman–Crippen MR) is 94.2 cm³/mol. The van der Waals surface area contributed by atoms with Crippen molar-refractivity contribution in [2.24, 2.45) is 0 Å². The zero-order chi connectivity index (χ0) is 16.6. The molecule has 1 heterocycles. The summed E-state index contributed by atoms with van der Waals surface area (Å²) in [6.45, 7) is 1.54. The second-order valence-corrected chi connectivity index (χ2v) is 8.66. The molecule has 1 aliphatic carbocycles. The minimum atomic E-state index is -3.47. The summed E-state index contributed by atoms with van der Waals surface area (Å²) in [7, 11) is -3.47. The van der Waals surface area contributed by atoms with Gasteiger partial charge in [-0.3, -0.25) is 9.52 Å². The minimum absolute atomic E-state index is 0.0628. The van der Waals surface area contributed by atoms with Gasteiger partial charge in [0.2, 0.25) is 10.0 Å². The topological polar surface area (TPSA) is 89.3 Å². The molecule has 0 amide bonds. The fraction of sp³-hybridized carbons (Fsp3) is 0.333. The molecule has 8 heteroatoms. The summed E-state index contributed by atoms with van der Waals surface area (Å²) in [4.78, 5) is 12.8. The van der Waals surface area contributed by atoms with Crippen molar-refractivity contribution in [2.75, 3.05) is 10.5 Å². The van der Waals surface area contributed by atoms with Gasteiger partial charge in [0.25, 0.3) is 0 Å². The van der Waals surface area contributed by atoms with Gasteiger partial charge in [0.05, 0.1) is 23.2 Å². The molecule has 0 unspecified atom stereocenters. The third-order valence-electron chi connectivity index (χ3n) is 3.66. The number of benzene rings is 1. The number of aromatic nitrogens is 1. The van der Waals surface area contributed by atoms with Crippen molar-refractivity contribution in [3.8, 4) is 0 Å². The number of halogens is 1. The Balaban J connectivity index is 2.01. The number of sulfonamides is 1. The van der Waals surface area contributed by atoms with Crippen LogP contribution in [0, 0.1) is 3.57 Å². The van der Waals surface area contributed by atoms with Crippen molar-refractivity contribution in [3.05, 3.63) is 44.9 Å². The number of carbonyl (C=O) groups excluding carboxylic acids is 1. The van der Waals surface area contributed by atoms with Crippen LogP contribution in [-0.2, 0) is 10.0 Å². The van der Waals surface area contributed by atoms with Crippen molar-refractivity contribution >= 4 is 44.1 Å². The van der Waals surface area contributed by atoms with Crippen LogP contribution in [0.2, 0.25) is 0 Å². The molecule has 1 aromatic heterocycles. The van der Waals surface area contributed by atoms with Gasteiger partial charge in [0.15, 0.2) is 11.5 Å². The van der Waals surface area contributed by atoms with Gasteiger partial charge >= 0.3 is 0 Å². The van der Waals surface area contributed by atoms with E-state index in [1.54, 1.807) is 25.1 Å². The van der Waals surface area contributed by atoms with Gasteiger partial charge in [-0.25, -0.2) is 8.42 Å². The van der Waals surface area contributed by atoms with Gasteiger partial charge in [-0.15, -0.1) is 0 Å². The summed E-state index contributed by atoms with van der Waals surface area (Å²) in [5.74, 6) is 0.499. The standard InChI is InChI=1S/C15H15IN2O4S/c1-2-23(20,21)18-13-7-10(16)5-6-11(13)14(19)12-8-17-22-15(12)9-3-4-9/h5-9,18H,2-4H2,1H3. The van der Waals surface area contributed by atoms with E-state index in [0.29, 0.717) is 16.9 Å². The van der Waals surface area contributed by atoms with Crippen molar-refractivity contribution in [1.82, 2.24) is 5.16 Å². The Bertz CT molecular complexity index is 856. The quantitative estimate of drug-likeness (QED) is 0.544. The molecule has 0 aliphatic heterocycles. The Hall–Kier alpha value is -1.42. The van der Waals surface area contributed by atoms with Gasteiger partial charge in [-0.1, -0.05) is 5.16 Å². The summed E-state index contributed by atoms with van der Waals surface area (Å²) < 4.78 is 32.3.